The fraction of sp³-hybridized carbons (Fsp3) is 0.167. The highest BCUT2D eigenvalue weighted by atomic mass is 32.2. The van der Waals surface area contributed by atoms with Gasteiger partial charge in [-0.25, -0.2) is 0 Å². The summed E-state index contributed by atoms with van der Waals surface area (Å²) in [6.45, 7) is 4.55. The number of benzene rings is 3. The minimum atomic E-state index is -0.471. The lowest BCUT2D eigenvalue weighted by atomic mass is 10.1. The van der Waals surface area contributed by atoms with Gasteiger partial charge in [0.25, 0.3) is 11.1 Å². The number of nitrogens with one attached hydrogen (secondary N) is 1. The van der Waals surface area contributed by atoms with Crippen molar-refractivity contribution < 1.29 is 19.1 Å². The van der Waals surface area contributed by atoms with Gasteiger partial charge in [-0.15, -0.1) is 0 Å². The SMILES string of the molecule is Cc1cccc(C)c1NC(=O)CN1C(=O)S/C(=C\c2cn(CCOc3ccccc3)c3ccccc23)C1=O. The highest BCUT2D eigenvalue weighted by Crippen LogP contribution is 2.34. The zero-order valence-electron chi connectivity index (χ0n) is 21.1. The van der Waals surface area contributed by atoms with Crippen molar-refractivity contribution in [3.8, 4) is 5.75 Å². The Bertz CT molecular complexity index is 1540. The number of thioether (sulfide) groups is 1. The Morgan fingerprint density at radius 1 is 0.947 bits per heavy atom. The van der Waals surface area contributed by atoms with E-state index in [2.05, 4.69) is 9.88 Å². The molecule has 0 unspecified atom stereocenters. The van der Waals surface area contributed by atoms with Gasteiger partial charge in [0, 0.05) is 28.4 Å². The van der Waals surface area contributed by atoms with Crippen LogP contribution in [0.3, 0.4) is 0 Å². The quantitative estimate of drug-likeness (QED) is 0.285. The number of imide groups is 1. The van der Waals surface area contributed by atoms with Gasteiger partial charge in [-0.05, 0) is 61.0 Å². The van der Waals surface area contributed by atoms with E-state index in [4.69, 9.17) is 4.74 Å². The molecule has 3 aromatic carbocycles. The molecule has 0 bridgehead atoms. The van der Waals surface area contributed by atoms with Crippen LogP contribution in [0.4, 0.5) is 10.5 Å². The van der Waals surface area contributed by atoms with Crippen molar-refractivity contribution >= 4 is 51.5 Å². The number of carbonyl (C=O) groups excluding carboxylic acids is 3. The lowest BCUT2D eigenvalue weighted by Crippen LogP contribution is -2.36. The van der Waals surface area contributed by atoms with E-state index < -0.39 is 17.1 Å². The normalized spacial score (nSPS) is 14.5. The predicted molar refractivity (Wildman–Crippen MR) is 151 cm³/mol. The average Bonchev–Trinajstić information content (AvgIpc) is 3.39. The zero-order chi connectivity index (χ0) is 26.6. The highest BCUT2D eigenvalue weighted by molar-refractivity contribution is 8.18. The molecule has 0 atom stereocenters. The Labute approximate surface area is 225 Å². The molecule has 192 valence electrons. The Hall–Kier alpha value is -4.30. The largest absolute Gasteiger partial charge is 0.492 e. The van der Waals surface area contributed by atoms with Crippen LogP contribution in [-0.2, 0) is 16.1 Å². The van der Waals surface area contributed by atoms with Gasteiger partial charge in [0.15, 0.2) is 0 Å². The Balaban J connectivity index is 1.31. The monoisotopic (exact) mass is 525 g/mol. The molecule has 8 heteroatoms. The molecule has 4 aromatic rings. The van der Waals surface area contributed by atoms with E-state index in [9.17, 15) is 14.4 Å². The molecule has 3 amide bonds. The number of aryl methyl sites for hydroxylation is 2. The Morgan fingerprint density at radius 2 is 1.66 bits per heavy atom. The van der Waals surface area contributed by atoms with Crippen molar-refractivity contribution in [2.45, 2.75) is 20.4 Å². The Morgan fingerprint density at radius 3 is 2.42 bits per heavy atom. The number of nitrogens with zero attached hydrogens (tertiary/aromatic N) is 2. The van der Waals surface area contributed by atoms with E-state index in [1.165, 1.54) is 0 Å². The summed E-state index contributed by atoms with van der Waals surface area (Å²) in [4.78, 5) is 39.8. The fourth-order valence-electron chi connectivity index (χ4n) is 4.47. The highest BCUT2D eigenvalue weighted by Gasteiger charge is 2.36. The number of carbonyl (C=O) groups is 3. The van der Waals surface area contributed by atoms with Crippen LogP contribution < -0.4 is 10.1 Å². The lowest BCUT2D eigenvalue weighted by Gasteiger charge is -2.15. The number of hydrogen-bond acceptors (Lipinski definition) is 5. The van der Waals surface area contributed by atoms with Gasteiger partial charge >= 0.3 is 0 Å². The van der Waals surface area contributed by atoms with Crippen molar-refractivity contribution in [3.63, 3.8) is 0 Å². The van der Waals surface area contributed by atoms with Gasteiger partial charge in [-0.2, -0.15) is 0 Å². The molecule has 1 aromatic heterocycles. The summed E-state index contributed by atoms with van der Waals surface area (Å²) in [5.41, 5.74) is 4.35. The minimum absolute atomic E-state index is 0.290. The van der Waals surface area contributed by atoms with Crippen LogP contribution in [0.2, 0.25) is 0 Å². The van der Waals surface area contributed by atoms with Crippen LogP contribution in [0.1, 0.15) is 16.7 Å². The number of rotatable bonds is 8. The Kier molecular flexibility index (Phi) is 7.33. The molecule has 0 saturated carbocycles. The van der Waals surface area contributed by atoms with Crippen LogP contribution in [0.25, 0.3) is 17.0 Å². The number of hydrogen-bond donors (Lipinski definition) is 1. The molecular weight excluding hydrogens is 498 g/mol. The van der Waals surface area contributed by atoms with Crippen molar-refractivity contribution in [2.75, 3.05) is 18.5 Å². The molecule has 1 aliphatic heterocycles. The van der Waals surface area contributed by atoms with E-state index in [0.717, 1.165) is 50.0 Å². The van der Waals surface area contributed by atoms with Gasteiger partial charge in [-0.1, -0.05) is 54.6 Å². The summed E-state index contributed by atoms with van der Waals surface area (Å²) in [7, 11) is 0. The summed E-state index contributed by atoms with van der Waals surface area (Å²) in [6, 6.07) is 23.2. The van der Waals surface area contributed by atoms with E-state index in [0.29, 0.717) is 23.7 Å². The van der Waals surface area contributed by atoms with Gasteiger partial charge < -0.3 is 14.6 Å². The third-order valence-electron chi connectivity index (χ3n) is 6.37. The van der Waals surface area contributed by atoms with Crippen molar-refractivity contribution in [3.05, 3.63) is 101 Å². The number of aromatic nitrogens is 1. The van der Waals surface area contributed by atoms with Crippen LogP contribution in [0, 0.1) is 13.8 Å². The number of fused-ring (bicyclic) bond motifs is 1. The molecule has 0 aliphatic carbocycles. The van der Waals surface area contributed by atoms with Crippen LogP contribution in [0.15, 0.2) is 83.9 Å². The molecule has 7 nitrogen and oxygen atoms in total. The smallest absolute Gasteiger partial charge is 0.294 e. The fourth-order valence-corrected chi connectivity index (χ4v) is 5.29. The standard InChI is InChI=1S/C30H27N3O4S/c1-20-9-8-10-21(2)28(20)31-27(34)19-33-29(35)26(38-30(33)36)17-22-18-32(25-14-7-6-13-24(22)25)15-16-37-23-11-4-3-5-12-23/h3-14,17-18H,15-16,19H2,1-2H3,(H,31,34)/b26-17-. The summed E-state index contributed by atoms with van der Waals surface area (Å²) >= 11 is 0.849. The van der Waals surface area contributed by atoms with E-state index in [1.54, 1.807) is 6.08 Å². The molecular formula is C30H27N3O4S. The lowest BCUT2D eigenvalue weighted by molar-refractivity contribution is -0.127. The molecule has 38 heavy (non-hydrogen) atoms. The summed E-state index contributed by atoms with van der Waals surface area (Å²) in [5, 5.41) is 3.35. The third-order valence-corrected chi connectivity index (χ3v) is 7.28. The minimum Gasteiger partial charge on any atom is -0.492 e. The summed E-state index contributed by atoms with van der Waals surface area (Å²) < 4.78 is 7.93. The van der Waals surface area contributed by atoms with E-state index in [1.807, 2.05) is 92.8 Å². The number of ether oxygens (including phenoxy) is 1. The molecule has 0 radical (unpaired) electrons. The first-order valence-corrected chi connectivity index (χ1v) is 13.1. The molecule has 2 heterocycles. The second kappa shape index (κ2) is 11.0. The van der Waals surface area contributed by atoms with Gasteiger partial charge in [0.1, 0.15) is 18.9 Å². The summed E-state index contributed by atoms with van der Waals surface area (Å²) in [5.74, 6) is -0.0821. The second-order valence-corrected chi connectivity index (χ2v) is 10.0. The van der Waals surface area contributed by atoms with Crippen LogP contribution >= 0.6 is 11.8 Å². The number of anilines is 1. The van der Waals surface area contributed by atoms with Crippen molar-refractivity contribution in [2.24, 2.45) is 0 Å². The molecule has 1 fully saturated rings. The van der Waals surface area contributed by atoms with Gasteiger partial charge in [0.2, 0.25) is 5.91 Å². The third kappa shape index (κ3) is 5.35. The first-order valence-electron chi connectivity index (χ1n) is 12.3. The maximum Gasteiger partial charge on any atom is 0.294 e. The van der Waals surface area contributed by atoms with Crippen LogP contribution in [0.5, 0.6) is 5.75 Å². The maximum absolute atomic E-state index is 13.1. The molecule has 1 N–H and O–H groups in total. The zero-order valence-corrected chi connectivity index (χ0v) is 22.0. The molecule has 5 rings (SSSR count). The molecule has 1 aliphatic rings. The first-order chi connectivity index (χ1) is 18.4. The van der Waals surface area contributed by atoms with Gasteiger partial charge in [0.05, 0.1) is 11.4 Å². The number of para-hydroxylation sites is 3. The van der Waals surface area contributed by atoms with Crippen molar-refractivity contribution in [1.82, 2.24) is 9.47 Å². The maximum atomic E-state index is 13.1. The van der Waals surface area contributed by atoms with Crippen LogP contribution in [-0.4, -0.2) is 39.7 Å². The predicted octanol–water partition coefficient (Wildman–Crippen LogP) is 6.01. The van der Waals surface area contributed by atoms with Gasteiger partial charge in [-0.3, -0.25) is 19.3 Å². The summed E-state index contributed by atoms with van der Waals surface area (Å²) in [6.07, 6.45) is 3.69. The number of amides is 3. The van der Waals surface area contributed by atoms with E-state index >= 15 is 0 Å². The average molecular weight is 526 g/mol. The first kappa shape index (κ1) is 25.4. The van der Waals surface area contributed by atoms with Crippen molar-refractivity contribution in [1.29, 1.82) is 0 Å². The van der Waals surface area contributed by atoms with E-state index in [-0.39, 0.29) is 6.54 Å². The molecule has 1 saturated heterocycles. The molecule has 0 spiro atoms. The topological polar surface area (TPSA) is 80.6 Å². The second-order valence-electron chi connectivity index (χ2n) is 9.04.